The maximum absolute atomic E-state index is 14.5. The van der Waals surface area contributed by atoms with Gasteiger partial charge in [0.1, 0.15) is 17.3 Å². The molecule has 0 spiro atoms. The molecule has 0 bridgehead atoms. The third-order valence-electron chi connectivity index (χ3n) is 8.34. The number of amides is 1. The zero-order valence-electron chi connectivity index (χ0n) is 27.3. The van der Waals surface area contributed by atoms with E-state index in [1.165, 1.54) is 0 Å². The van der Waals surface area contributed by atoms with Gasteiger partial charge in [0.15, 0.2) is 0 Å². The minimum atomic E-state index is -0.279. The molecule has 0 aliphatic carbocycles. The number of halogens is 1. The van der Waals surface area contributed by atoms with Crippen LogP contribution in [-0.2, 0) is 17.9 Å². The molecule has 0 aliphatic rings. The lowest BCUT2D eigenvalue weighted by atomic mass is 10.1. The average molecular weight is 695 g/mol. The normalized spacial score (nSPS) is 11.0. The molecule has 0 fully saturated rings. The number of hydrogen-bond donors (Lipinski definition) is 3. The number of unbranched alkanes of at least 4 members (excludes halogenated alkanes) is 1. The first kappa shape index (κ1) is 33.0. The van der Waals surface area contributed by atoms with Crippen molar-refractivity contribution >= 4 is 50.7 Å². The van der Waals surface area contributed by atoms with Crippen LogP contribution in [0.1, 0.15) is 36.2 Å². The van der Waals surface area contributed by atoms with E-state index in [0.717, 1.165) is 5.56 Å². The predicted octanol–water partition coefficient (Wildman–Crippen LogP) is 6.40. The zero-order chi connectivity index (χ0) is 35.3. The van der Waals surface area contributed by atoms with E-state index >= 15 is 0 Å². The van der Waals surface area contributed by atoms with Crippen molar-refractivity contribution in [2.24, 2.45) is 0 Å². The second kappa shape index (κ2) is 14.5. The molecule has 7 rings (SSSR count). The second-order valence-electron chi connectivity index (χ2n) is 11.8. The van der Waals surface area contributed by atoms with E-state index in [1.807, 2.05) is 30.3 Å². The summed E-state index contributed by atoms with van der Waals surface area (Å²) in [6.07, 6.45) is 7.78. The maximum Gasteiger partial charge on any atom is 0.263 e. The molecule has 7 aromatic rings. The number of nitrogens with zero attached hydrogens (tertiary/aromatic N) is 6. The summed E-state index contributed by atoms with van der Waals surface area (Å²) in [6.45, 7) is 0.262. The lowest BCUT2D eigenvalue weighted by Gasteiger charge is -2.15. The molecule has 3 aromatic carbocycles. The van der Waals surface area contributed by atoms with E-state index in [1.54, 1.807) is 82.6 Å². The van der Waals surface area contributed by atoms with Gasteiger partial charge in [-0.15, -0.1) is 0 Å². The van der Waals surface area contributed by atoms with Gasteiger partial charge in [0.25, 0.3) is 5.56 Å². The number of benzene rings is 3. The molecule has 0 aliphatic heterocycles. The molecule has 1 amide bonds. The Balaban J connectivity index is 1.25. The molecule has 0 saturated carbocycles. The molecule has 11 nitrogen and oxygen atoms in total. The number of carbonyl (C=O) groups excluding carboxylic acids is 1. The van der Waals surface area contributed by atoms with Crippen molar-refractivity contribution in [3.05, 3.63) is 136 Å². The zero-order valence-corrected chi connectivity index (χ0v) is 28.0. The van der Waals surface area contributed by atoms with Crippen LogP contribution in [0.5, 0.6) is 5.75 Å². The number of nitrogen functional groups attached to an aromatic ring is 1. The molecule has 0 atom stereocenters. The summed E-state index contributed by atoms with van der Waals surface area (Å²) >= 11 is 6.58. The summed E-state index contributed by atoms with van der Waals surface area (Å²) in [5, 5.41) is 19.5. The summed E-state index contributed by atoms with van der Waals surface area (Å²) in [5.74, 6) is 6.71. The van der Waals surface area contributed by atoms with Gasteiger partial charge in [-0.25, -0.2) is 4.98 Å². The number of phenols is 1. The van der Waals surface area contributed by atoms with Crippen LogP contribution in [-0.4, -0.2) is 40.3 Å². The largest absolute Gasteiger partial charge is 0.508 e. The Morgan fingerprint density at radius 2 is 1.76 bits per heavy atom. The monoisotopic (exact) mass is 694 g/mol. The predicted molar refractivity (Wildman–Crippen MR) is 198 cm³/mol. The van der Waals surface area contributed by atoms with Gasteiger partial charge in [-0.1, -0.05) is 59.8 Å². The van der Waals surface area contributed by atoms with Gasteiger partial charge in [-0.3, -0.25) is 28.8 Å². The van der Waals surface area contributed by atoms with Gasteiger partial charge in [-0.2, -0.15) is 5.10 Å². The van der Waals surface area contributed by atoms with E-state index in [0.29, 0.717) is 80.1 Å². The van der Waals surface area contributed by atoms with Crippen molar-refractivity contribution in [1.29, 1.82) is 0 Å². The highest BCUT2D eigenvalue weighted by Gasteiger charge is 2.20. The molecule has 4 aromatic heterocycles. The number of aromatic hydroxyl groups is 1. The van der Waals surface area contributed by atoms with Gasteiger partial charge < -0.3 is 16.2 Å². The average Bonchev–Trinajstić information content (AvgIpc) is 3.50. The van der Waals surface area contributed by atoms with Gasteiger partial charge >= 0.3 is 0 Å². The standard InChI is InChI=1S/C39H31ClN8O3/c40-30-13-5-4-9-27(30)23-47-34(24-48-33-22-43-21-31(41)37(33)38(46-48)26-11-6-12-29(49)20-26)45-32-14-7-10-25(36(32)39(47)51)8-2-1-3-15-35(50)44-28-16-18-42-19-17-28/h4-7,9-14,16-22,49H,1,3,15,23-24,41H2,(H,42,44,50). The molecule has 0 unspecified atom stereocenters. The number of anilines is 2. The van der Waals surface area contributed by atoms with Gasteiger partial charge in [0, 0.05) is 47.1 Å². The number of nitrogens with two attached hydrogens (primary N) is 1. The van der Waals surface area contributed by atoms with Gasteiger partial charge in [0.05, 0.1) is 53.0 Å². The second-order valence-corrected chi connectivity index (χ2v) is 12.2. The van der Waals surface area contributed by atoms with Crippen molar-refractivity contribution < 1.29 is 9.90 Å². The third-order valence-corrected chi connectivity index (χ3v) is 8.71. The molecule has 4 heterocycles. The quantitative estimate of drug-likeness (QED) is 0.116. The lowest BCUT2D eigenvalue weighted by molar-refractivity contribution is -0.116. The first-order valence-corrected chi connectivity index (χ1v) is 16.6. The number of hydrogen-bond acceptors (Lipinski definition) is 8. The van der Waals surface area contributed by atoms with E-state index < -0.39 is 0 Å². The maximum atomic E-state index is 14.5. The summed E-state index contributed by atoms with van der Waals surface area (Å²) in [7, 11) is 0. The summed E-state index contributed by atoms with van der Waals surface area (Å²) in [4.78, 5) is 40.1. The highest BCUT2D eigenvalue weighted by Crippen LogP contribution is 2.33. The fourth-order valence-electron chi connectivity index (χ4n) is 5.90. The lowest BCUT2D eigenvalue weighted by Crippen LogP contribution is -2.28. The highest BCUT2D eigenvalue weighted by atomic mass is 35.5. The van der Waals surface area contributed by atoms with Crippen molar-refractivity contribution in [3.63, 3.8) is 0 Å². The van der Waals surface area contributed by atoms with E-state index in [-0.39, 0.29) is 30.3 Å². The fourth-order valence-corrected chi connectivity index (χ4v) is 6.10. The van der Waals surface area contributed by atoms with Crippen LogP contribution in [0, 0.1) is 11.8 Å². The number of rotatable bonds is 9. The molecule has 12 heteroatoms. The number of pyridine rings is 2. The Hall–Kier alpha value is -6.51. The molecule has 4 N–H and O–H groups in total. The number of carbonyl (C=O) groups is 1. The van der Waals surface area contributed by atoms with Crippen LogP contribution in [0.4, 0.5) is 11.4 Å². The molecular weight excluding hydrogens is 664 g/mol. The number of nitrogens with one attached hydrogen (secondary N) is 1. The first-order valence-electron chi connectivity index (χ1n) is 16.2. The topological polar surface area (TPSA) is 154 Å². The Bertz CT molecular complexity index is 2540. The number of phenolic OH excluding ortho intramolecular Hbond substituents is 1. The van der Waals surface area contributed by atoms with Crippen molar-refractivity contribution in [3.8, 4) is 28.8 Å². The van der Waals surface area contributed by atoms with Crippen LogP contribution in [0.15, 0.2) is 108 Å². The highest BCUT2D eigenvalue weighted by molar-refractivity contribution is 6.31. The van der Waals surface area contributed by atoms with Crippen molar-refractivity contribution in [2.45, 2.75) is 32.4 Å². The third kappa shape index (κ3) is 7.13. The van der Waals surface area contributed by atoms with E-state index in [4.69, 9.17) is 27.4 Å². The van der Waals surface area contributed by atoms with Crippen LogP contribution >= 0.6 is 11.6 Å². The summed E-state index contributed by atoms with van der Waals surface area (Å²) < 4.78 is 3.31. The molecular formula is C39H31ClN8O3. The Labute approximate surface area is 297 Å². The van der Waals surface area contributed by atoms with Gasteiger partial charge in [-0.05, 0) is 54.4 Å². The van der Waals surface area contributed by atoms with Crippen LogP contribution in [0.2, 0.25) is 5.02 Å². The molecule has 252 valence electrons. The Morgan fingerprint density at radius 1 is 0.941 bits per heavy atom. The van der Waals surface area contributed by atoms with Crippen molar-refractivity contribution in [2.75, 3.05) is 11.1 Å². The van der Waals surface area contributed by atoms with Crippen molar-refractivity contribution in [1.82, 2.24) is 29.3 Å². The summed E-state index contributed by atoms with van der Waals surface area (Å²) in [6, 6.07) is 23.0. The minimum absolute atomic E-state index is 0.0954. The molecule has 51 heavy (non-hydrogen) atoms. The van der Waals surface area contributed by atoms with E-state index in [2.05, 4.69) is 27.1 Å². The van der Waals surface area contributed by atoms with Gasteiger partial charge in [0.2, 0.25) is 5.91 Å². The first-order chi connectivity index (χ1) is 24.9. The van der Waals surface area contributed by atoms with Crippen LogP contribution in [0.3, 0.4) is 0 Å². The molecule has 0 radical (unpaired) electrons. The smallest absolute Gasteiger partial charge is 0.263 e. The number of fused-ring (bicyclic) bond motifs is 2. The number of aromatic nitrogens is 6. The van der Waals surface area contributed by atoms with E-state index in [9.17, 15) is 14.7 Å². The minimum Gasteiger partial charge on any atom is -0.508 e. The fraction of sp³-hybridized carbons (Fsp3) is 0.128. The Kier molecular flexibility index (Phi) is 9.41. The summed E-state index contributed by atoms with van der Waals surface area (Å²) in [5.41, 5.74) is 10.9. The molecule has 0 saturated heterocycles. The Morgan fingerprint density at radius 3 is 2.59 bits per heavy atom. The SMILES string of the molecule is Nc1cncc2c1c(-c1cccc(O)c1)nn2Cc1nc2cccc(C#CCCCC(=O)Nc3ccncc3)c2c(=O)n1Cc1ccccc1Cl. The van der Waals surface area contributed by atoms with Crippen LogP contribution < -0.4 is 16.6 Å². The van der Waals surface area contributed by atoms with Crippen LogP contribution in [0.25, 0.3) is 33.1 Å².